The second kappa shape index (κ2) is 7.35. The summed E-state index contributed by atoms with van der Waals surface area (Å²) in [4.78, 5) is 16.6. The lowest BCUT2D eigenvalue weighted by molar-refractivity contribution is -0.122. The third-order valence-corrected chi connectivity index (χ3v) is 4.22. The number of hydrogen-bond donors (Lipinski definition) is 1. The summed E-state index contributed by atoms with van der Waals surface area (Å²) in [6.07, 6.45) is 2.54. The van der Waals surface area contributed by atoms with E-state index in [1.807, 2.05) is 44.2 Å². The molecule has 1 aromatic carbocycles. The fourth-order valence-electron chi connectivity index (χ4n) is 2.89. The number of rotatable bonds is 6. The Hall–Kier alpha value is -2.87. The van der Waals surface area contributed by atoms with Crippen LogP contribution in [0.15, 0.2) is 42.6 Å². The van der Waals surface area contributed by atoms with Crippen molar-refractivity contribution in [2.24, 2.45) is 5.92 Å². The Bertz CT molecular complexity index is 811. The summed E-state index contributed by atoms with van der Waals surface area (Å²) in [6, 6.07) is 13.4. The van der Waals surface area contributed by atoms with Crippen molar-refractivity contribution in [2.75, 3.05) is 0 Å². The number of carbonyl (C=O) groups is 1. The minimum atomic E-state index is -0.0277. The maximum absolute atomic E-state index is 12.4. The number of pyridine rings is 1. The number of nitrogens with zero attached hydrogens (tertiary/aromatic N) is 2. The first-order valence-electron chi connectivity index (χ1n) is 8.47. The van der Waals surface area contributed by atoms with E-state index in [1.165, 1.54) is 0 Å². The second-order valence-electron chi connectivity index (χ2n) is 6.54. The van der Waals surface area contributed by atoms with Gasteiger partial charge in [-0.05, 0) is 49.9 Å². The molecule has 2 aromatic rings. The van der Waals surface area contributed by atoms with E-state index < -0.39 is 0 Å². The zero-order valence-electron chi connectivity index (χ0n) is 14.4. The van der Waals surface area contributed by atoms with Crippen LogP contribution in [0.5, 0.6) is 5.88 Å². The van der Waals surface area contributed by atoms with Crippen molar-refractivity contribution < 1.29 is 9.53 Å². The van der Waals surface area contributed by atoms with Crippen molar-refractivity contribution in [2.45, 2.75) is 38.8 Å². The van der Waals surface area contributed by atoms with Gasteiger partial charge in [-0.3, -0.25) is 4.79 Å². The summed E-state index contributed by atoms with van der Waals surface area (Å²) in [5.41, 5.74) is 2.56. The minimum absolute atomic E-state index is 0.0277. The van der Waals surface area contributed by atoms with Gasteiger partial charge in [0.1, 0.15) is 0 Å². The molecule has 1 N–H and O–H groups in total. The molecule has 5 nitrogen and oxygen atoms in total. The summed E-state index contributed by atoms with van der Waals surface area (Å²) in [5, 5.41) is 12.0. The molecular formula is C20H21N3O2. The Morgan fingerprint density at radius 1 is 1.40 bits per heavy atom. The molecule has 0 aliphatic heterocycles. The van der Waals surface area contributed by atoms with Crippen LogP contribution < -0.4 is 10.1 Å². The highest BCUT2D eigenvalue weighted by Crippen LogP contribution is 2.47. The standard InChI is InChI=1S/C20H21N3O2/c1-13(2)25-20-16(7-4-8-22-20)12-23-19(24)18-10-17(18)15-6-3-5-14(9-15)11-21/h3-9,13,17-18H,10,12H2,1-2H3,(H,23,24)/t17-,18+/m1/s1. The zero-order chi connectivity index (χ0) is 17.8. The predicted octanol–water partition coefficient (Wildman–Crippen LogP) is 3.16. The summed E-state index contributed by atoms with van der Waals surface area (Å²) in [6.45, 7) is 4.29. The topological polar surface area (TPSA) is 75.0 Å². The van der Waals surface area contributed by atoms with Crippen LogP contribution in [0.3, 0.4) is 0 Å². The highest BCUT2D eigenvalue weighted by Gasteiger charge is 2.43. The van der Waals surface area contributed by atoms with Crippen LogP contribution in [0.25, 0.3) is 0 Å². The van der Waals surface area contributed by atoms with E-state index in [2.05, 4.69) is 16.4 Å². The van der Waals surface area contributed by atoms with Gasteiger partial charge in [-0.15, -0.1) is 0 Å². The number of hydrogen-bond acceptors (Lipinski definition) is 4. The Morgan fingerprint density at radius 2 is 2.24 bits per heavy atom. The molecular weight excluding hydrogens is 314 g/mol. The van der Waals surface area contributed by atoms with Gasteiger partial charge in [0.25, 0.3) is 0 Å². The van der Waals surface area contributed by atoms with Gasteiger partial charge < -0.3 is 10.1 Å². The van der Waals surface area contributed by atoms with Crippen molar-refractivity contribution in [3.63, 3.8) is 0 Å². The third kappa shape index (κ3) is 4.16. The number of nitriles is 1. The maximum Gasteiger partial charge on any atom is 0.224 e. The minimum Gasteiger partial charge on any atom is -0.475 e. The molecule has 0 radical (unpaired) electrons. The summed E-state index contributed by atoms with van der Waals surface area (Å²) in [5.74, 6) is 0.771. The van der Waals surface area contributed by atoms with Gasteiger partial charge in [0.15, 0.2) is 0 Å². The highest BCUT2D eigenvalue weighted by atomic mass is 16.5. The van der Waals surface area contributed by atoms with Crippen LogP contribution in [0.1, 0.15) is 42.9 Å². The first-order valence-corrected chi connectivity index (χ1v) is 8.47. The van der Waals surface area contributed by atoms with Crippen LogP contribution in [0.2, 0.25) is 0 Å². The van der Waals surface area contributed by atoms with Gasteiger partial charge in [0.05, 0.1) is 17.7 Å². The van der Waals surface area contributed by atoms with E-state index in [4.69, 9.17) is 10.00 Å². The quantitative estimate of drug-likeness (QED) is 0.880. The van der Waals surface area contributed by atoms with Gasteiger partial charge in [-0.2, -0.15) is 5.26 Å². The normalized spacial score (nSPS) is 18.5. The van der Waals surface area contributed by atoms with Crippen molar-refractivity contribution in [3.8, 4) is 11.9 Å². The van der Waals surface area contributed by atoms with Gasteiger partial charge in [-0.25, -0.2) is 4.98 Å². The Morgan fingerprint density at radius 3 is 3.00 bits per heavy atom. The SMILES string of the molecule is CC(C)Oc1ncccc1CNC(=O)[C@H]1C[C@@H]1c1cccc(C#N)c1. The summed E-state index contributed by atoms with van der Waals surface area (Å²) in [7, 11) is 0. The number of amides is 1. The molecule has 1 fully saturated rings. The Labute approximate surface area is 147 Å². The van der Waals surface area contributed by atoms with Crippen LogP contribution in [0, 0.1) is 17.2 Å². The third-order valence-electron chi connectivity index (χ3n) is 4.22. The maximum atomic E-state index is 12.4. The van der Waals surface area contributed by atoms with Crippen molar-refractivity contribution in [3.05, 3.63) is 59.3 Å². The lowest BCUT2D eigenvalue weighted by atomic mass is 10.1. The van der Waals surface area contributed by atoms with E-state index in [0.29, 0.717) is 18.0 Å². The Kier molecular flexibility index (Phi) is 4.99. The van der Waals surface area contributed by atoms with E-state index in [1.54, 1.807) is 12.3 Å². The molecule has 128 valence electrons. The van der Waals surface area contributed by atoms with E-state index in [9.17, 15) is 4.79 Å². The smallest absolute Gasteiger partial charge is 0.224 e. The number of carbonyl (C=O) groups excluding carboxylic acids is 1. The van der Waals surface area contributed by atoms with E-state index >= 15 is 0 Å². The number of nitrogens with one attached hydrogen (secondary N) is 1. The monoisotopic (exact) mass is 335 g/mol. The largest absolute Gasteiger partial charge is 0.475 e. The van der Waals surface area contributed by atoms with Crippen molar-refractivity contribution in [1.82, 2.24) is 10.3 Å². The lowest BCUT2D eigenvalue weighted by Gasteiger charge is -2.13. The van der Waals surface area contributed by atoms with Crippen LogP contribution in [0.4, 0.5) is 0 Å². The average molecular weight is 335 g/mol. The molecule has 3 rings (SSSR count). The molecule has 1 aliphatic carbocycles. The molecule has 0 spiro atoms. The molecule has 0 bridgehead atoms. The first kappa shape index (κ1) is 17.0. The van der Waals surface area contributed by atoms with Gasteiger partial charge in [0.2, 0.25) is 11.8 Å². The fraction of sp³-hybridized carbons (Fsp3) is 0.350. The van der Waals surface area contributed by atoms with E-state index in [0.717, 1.165) is 17.5 Å². The predicted molar refractivity (Wildman–Crippen MR) is 93.9 cm³/mol. The summed E-state index contributed by atoms with van der Waals surface area (Å²) < 4.78 is 5.68. The molecule has 2 atom stereocenters. The molecule has 1 amide bonds. The number of ether oxygens (including phenoxy) is 1. The number of aromatic nitrogens is 1. The summed E-state index contributed by atoms with van der Waals surface area (Å²) >= 11 is 0. The molecule has 1 aliphatic rings. The highest BCUT2D eigenvalue weighted by molar-refractivity contribution is 5.83. The fourth-order valence-corrected chi connectivity index (χ4v) is 2.89. The van der Waals surface area contributed by atoms with Crippen LogP contribution in [-0.4, -0.2) is 17.0 Å². The Balaban J connectivity index is 1.59. The molecule has 0 saturated heterocycles. The molecule has 1 aromatic heterocycles. The molecule has 1 heterocycles. The molecule has 1 saturated carbocycles. The number of benzene rings is 1. The molecule has 5 heteroatoms. The second-order valence-corrected chi connectivity index (χ2v) is 6.54. The van der Waals surface area contributed by atoms with Crippen molar-refractivity contribution >= 4 is 5.91 Å². The molecule has 25 heavy (non-hydrogen) atoms. The first-order chi connectivity index (χ1) is 12.1. The van der Waals surface area contributed by atoms with Crippen molar-refractivity contribution in [1.29, 1.82) is 5.26 Å². The van der Waals surface area contributed by atoms with Gasteiger partial charge in [0, 0.05) is 24.2 Å². The van der Waals surface area contributed by atoms with Crippen LogP contribution in [-0.2, 0) is 11.3 Å². The average Bonchev–Trinajstić information content (AvgIpc) is 3.41. The van der Waals surface area contributed by atoms with Gasteiger partial charge >= 0.3 is 0 Å². The lowest BCUT2D eigenvalue weighted by Crippen LogP contribution is -2.25. The van der Waals surface area contributed by atoms with E-state index in [-0.39, 0.29) is 23.8 Å². The van der Waals surface area contributed by atoms with Gasteiger partial charge in [-0.1, -0.05) is 18.2 Å². The van der Waals surface area contributed by atoms with Crippen LogP contribution >= 0.6 is 0 Å². The zero-order valence-corrected chi connectivity index (χ0v) is 14.4. The molecule has 0 unspecified atom stereocenters.